The van der Waals surface area contributed by atoms with E-state index in [9.17, 15) is 9.59 Å². The molecule has 0 aliphatic heterocycles. The summed E-state index contributed by atoms with van der Waals surface area (Å²) in [6, 6.07) is 8.81. The summed E-state index contributed by atoms with van der Waals surface area (Å²) >= 11 is 0. The van der Waals surface area contributed by atoms with Gasteiger partial charge in [-0.15, -0.1) is 0 Å². The lowest BCUT2D eigenvalue weighted by Gasteiger charge is -2.23. The normalized spacial score (nSPS) is 12.8. The Morgan fingerprint density at radius 2 is 1.84 bits per heavy atom. The van der Waals surface area contributed by atoms with Crippen molar-refractivity contribution in [3.63, 3.8) is 0 Å². The zero-order chi connectivity index (χ0) is 14.5. The van der Waals surface area contributed by atoms with Crippen molar-refractivity contribution >= 4 is 17.5 Å². The Bertz CT molecular complexity index is 443. The Labute approximate surface area is 113 Å². The summed E-state index contributed by atoms with van der Waals surface area (Å²) in [6.45, 7) is 5.58. The van der Waals surface area contributed by atoms with Gasteiger partial charge in [0.25, 0.3) is 0 Å². The molecule has 0 spiro atoms. The highest BCUT2D eigenvalue weighted by Crippen LogP contribution is 2.12. The average molecular weight is 263 g/mol. The number of nitrogens with one attached hydrogen (secondary N) is 2. The van der Waals surface area contributed by atoms with Crippen LogP contribution in [-0.2, 0) is 9.59 Å². The first-order chi connectivity index (χ1) is 8.83. The summed E-state index contributed by atoms with van der Waals surface area (Å²) in [5.74, 6) is -0.540. The van der Waals surface area contributed by atoms with E-state index in [4.69, 9.17) is 5.73 Å². The van der Waals surface area contributed by atoms with Crippen molar-refractivity contribution in [3.8, 4) is 0 Å². The third kappa shape index (κ3) is 4.71. The van der Waals surface area contributed by atoms with Crippen molar-refractivity contribution in [3.05, 3.63) is 30.3 Å². The van der Waals surface area contributed by atoms with E-state index in [1.54, 1.807) is 20.8 Å². The van der Waals surface area contributed by atoms with Crippen LogP contribution in [0.25, 0.3) is 0 Å². The zero-order valence-electron chi connectivity index (χ0n) is 11.6. The predicted octanol–water partition coefficient (Wildman–Crippen LogP) is 1.11. The van der Waals surface area contributed by atoms with Crippen molar-refractivity contribution in [2.24, 2.45) is 11.1 Å². The second-order valence-electron chi connectivity index (χ2n) is 5.21. The van der Waals surface area contributed by atoms with Crippen LogP contribution in [0.1, 0.15) is 20.8 Å². The van der Waals surface area contributed by atoms with Gasteiger partial charge in [0.05, 0.1) is 11.5 Å². The Kier molecular flexibility index (Phi) is 5.06. The van der Waals surface area contributed by atoms with Gasteiger partial charge in [-0.2, -0.15) is 0 Å². The first-order valence-electron chi connectivity index (χ1n) is 6.22. The van der Waals surface area contributed by atoms with Crippen molar-refractivity contribution in [1.82, 2.24) is 5.32 Å². The lowest BCUT2D eigenvalue weighted by molar-refractivity contribution is -0.126. The van der Waals surface area contributed by atoms with Gasteiger partial charge in [-0.3, -0.25) is 9.59 Å². The molecule has 0 radical (unpaired) electrons. The molecular formula is C14H21N3O2. The molecule has 1 aromatic carbocycles. The third-order valence-corrected chi connectivity index (χ3v) is 2.95. The Balaban J connectivity index is 2.48. The van der Waals surface area contributed by atoms with Crippen molar-refractivity contribution in [2.75, 3.05) is 11.9 Å². The predicted molar refractivity (Wildman–Crippen MR) is 75.5 cm³/mol. The van der Waals surface area contributed by atoms with Crippen LogP contribution in [0.15, 0.2) is 30.3 Å². The molecule has 1 rings (SSSR count). The molecular weight excluding hydrogens is 242 g/mol. The second kappa shape index (κ2) is 6.33. The van der Waals surface area contributed by atoms with Gasteiger partial charge < -0.3 is 16.4 Å². The highest BCUT2D eigenvalue weighted by molar-refractivity contribution is 5.94. The fraction of sp³-hybridized carbons (Fsp3) is 0.429. The van der Waals surface area contributed by atoms with Gasteiger partial charge in [0, 0.05) is 12.2 Å². The maximum atomic E-state index is 11.9. The first kappa shape index (κ1) is 15.2. The molecule has 19 heavy (non-hydrogen) atoms. The van der Waals surface area contributed by atoms with Crippen LogP contribution < -0.4 is 16.4 Å². The van der Waals surface area contributed by atoms with E-state index in [1.807, 2.05) is 30.3 Å². The maximum absolute atomic E-state index is 11.9. The minimum absolute atomic E-state index is 0.147. The van der Waals surface area contributed by atoms with E-state index in [-0.39, 0.29) is 5.91 Å². The standard InChI is InChI=1S/C14H21N3O2/c1-10(16-9-14(2,3)13(15)19)12(18)17-11-7-5-4-6-8-11/h4-8,10,16H,9H2,1-3H3,(H2,15,19)(H,17,18). The van der Waals surface area contributed by atoms with Gasteiger partial charge in [0.1, 0.15) is 0 Å². The molecule has 1 atom stereocenters. The Morgan fingerprint density at radius 3 is 2.37 bits per heavy atom. The highest BCUT2D eigenvalue weighted by Gasteiger charge is 2.26. The number of hydrogen-bond donors (Lipinski definition) is 3. The fourth-order valence-electron chi connectivity index (χ4n) is 1.36. The molecule has 0 fully saturated rings. The number of benzene rings is 1. The van der Waals surface area contributed by atoms with E-state index in [2.05, 4.69) is 10.6 Å². The molecule has 0 saturated heterocycles. The molecule has 5 heteroatoms. The molecule has 0 heterocycles. The number of para-hydroxylation sites is 1. The minimum atomic E-state index is -0.679. The SMILES string of the molecule is CC(NCC(C)(C)C(N)=O)C(=O)Nc1ccccc1. The van der Waals surface area contributed by atoms with Crippen LogP contribution in [0.4, 0.5) is 5.69 Å². The summed E-state index contributed by atoms with van der Waals surface area (Å²) in [4.78, 5) is 23.1. The number of carbonyl (C=O) groups is 2. The van der Waals surface area contributed by atoms with Gasteiger partial charge >= 0.3 is 0 Å². The third-order valence-electron chi connectivity index (χ3n) is 2.95. The summed E-state index contributed by atoms with van der Waals surface area (Å²) in [5.41, 5.74) is 5.34. The van der Waals surface area contributed by atoms with Crippen LogP contribution in [0.5, 0.6) is 0 Å². The molecule has 104 valence electrons. The number of hydrogen-bond acceptors (Lipinski definition) is 3. The van der Waals surface area contributed by atoms with Crippen molar-refractivity contribution in [1.29, 1.82) is 0 Å². The molecule has 5 nitrogen and oxygen atoms in total. The summed E-state index contributed by atoms with van der Waals surface area (Å²) in [5, 5.41) is 5.80. The topological polar surface area (TPSA) is 84.2 Å². The van der Waals surface area contributed by atoms with Crippen LogP contribution >= 0.6 is 0 Å². The summed E-state index contributed by atoms with van der Waals surface area (Å²) < 4.78 is 0. The van der Waals surface area contributed by atoms with Gasteiger partial charge in [0.2, 0.25) is 11.8 Å². The fourth-order valence-corrected chi connectivity index (χ4v) is 1.36. The smallest absolute Gasteiger partial charge is 0.241 e. The minimum Gasteiger partial charge on any atom is -0.369 e. The molecule has 0 aliphatic rings. The number of amides is 2. The lowest BCUT2D eigenvalue weighted by atomic mass is 9.92. The quantitative estimate of drug-likeness (QED) is 0.719. The van der Waals surface area contributed by atoms with Gasteiger partial charge in [-0.25, -0.2) is 0 Å². The number of nitrogens with two attached hydrogens (primary N) is 1. The van der Waals surface area contributed by atoms with Gasteiger partial charge in [0.15, 0.2) is 0 Å². The van der Waals surface area contributed by atoms with E-state index in [0.29, 0.717) is 6.54 Å². The second-order valence-corrected chi connectivity index (χ2v) is 5.21. The molecule has 0 aliphatic carbocycles. The van der Waals surface area contributed by atoms with Crippen molar-refractivity contribution in [2.45, 2.75) is 26.8 Å². The average Bonchev–Trinajstić information content (AvgIpc) is 2.37. The van der Waals surface area contributed by atoms with E-state index in [0.717, 1.165) is 5.69 Å². The molecule has 0 aromatic heterocycles. The molecule has 1 unspecified atom stereocenters. The Hall–Kier alpha value is -1.88. The summed E-state index contributed by atoms with van der Waals surface area (Å²) in [6.07, 6.45) is 0. The van der Waals surface area contributed by atoms with Crippen LogP contribution in [0.2, 0.25) is 0 Å². The largest absolute Gasteiger partial charge is 0.369 e. The molecule has 1 aromatic rings. The van der Waals surface area contributed by atoms with Crippen LogP contribution in [0, 0.1) is 5.41 Å². The number of anilines is 1. The maximum Gasteiger partial charge on any atom is 0.241 e. The van der Waals surface area contributed by atoms with Crippen LogP contribution in [-0.4, -0.2) is 24.4 Å². The number of primary amides is 1. The van der Waals surface area contributed by atoms with Crippen molar-refractivity contribution < 1.29 is 9.59 Å². The number of carbonyl (C=O) groups excluding carboxylic acids is 2. The molecule has 0 bridgehead atoms. The van der Waals surface area contributed by atoms with Gasteiger partial charge in [-0.05, 0) is 32.9 Å². The monoisotopic (exact) mass is 263 g/mol. The number of rotatable bonds is 6. The Morgan fingerprint density at radius 1 is 1.26 bits per heavy atom. The summed E-state index contributed by atoms with van der Waals surface area (Å²) in [7, 11) is 0. The molecule has 2 amide bonds. The van der Waals surface area contributed by atoms with Gasteiger partial charge in [-0.1, -0.05) is 18.2 Å². The van der Waals surface area contributed by atoms with E-state index >= 15 is 0 Å². The molecule has 0 saturated carbocycles. The lowest BCUT2D eigenvalue weighted by Crippen LogP contribution is -2.46. The highest BCUT2D eigenvalue weighted by atomic mass is 16.2. The first-order valence-corrected chi connectivity index (χ1v) is 6.22. The van der Waals surface area contributed by atoms with E-state index < -0.39 is 17.4 Å². The van der Waals surface area contributed by atoms with Crippen LogP contribution in [0.3, 0.4) is 0 Å². The zero-order valence-corrected chi connectivity index (χ0v) is 11.6. The van der Waals surface area contributed by atoms with E-state index in [1.165, 1.54) is 0 Å². The molecule has 4 N–H and O–H groups in total.